The molecule has 0 radical (unpaired) electrons. The Labute approximate surface area is 131 Å². The van der Waals surface area contributed by atoms with Gasteiger partial charge in [-0.1, -0.05) is 43.2 Å². The van der Waals surface area contributed by atoms with Crippen molar-refractivity contribution in [2.75, 3.05) is 6.54 Å². The highest BCUT2D eigenvalue weighted by atomic mass is 14.9. The molecule has 0 aromatic heterocycles. The van der Waals surface area contributed by atoms with E-state index in [0.29, 0.717) is 0 Å². The average molecular weight is 287 g/mol. The van der Waals surface area contributed by atoms with Gasteiger partial charge in [0.1, 0.15) is 0 Å². The first kappa shape index (κ1) is 16.5. The largest absolute Gasteiger partial charge is 0.312 e. The molecule has 2 rings (SSSR count). The molecule has 0 bridgehead atoms. The molecule has 1 nitrogen and oxygen atoms in total. The molecule has 1 aliphatic rings. The molecule has 118 valence electrons. The van der Waals surface area contributed by atoms with Crippen LogP contribution in [0.3, 0.4) is 0 Å². The summed E-state index contributed by atoms with van der Waals surface area (Å²) in [6.45, 7) is 12.6. The smallest absolute Gasteiger partial charge is 0.00966 e. The summed E-state index contributed by atoms with van der Waals surface area (Å²) in [5, 5.41) is 3.73. The zero-order valence-electron chi connectivity index (χ0n) is 14.6. The van der Waals surface area contributed by atoms with Gasteiger partial charge in [0.05, 0.1) is 0 Å². The SMILES string of the molecule is Cc1ccc(CC2CC(C)CCC2CNC(C)(C)C)cc1. The van der Waals surface area contributed by atoms with E-state index in [-0.39, 0.29) is 5.54 Å². The third-order valence-corrected chi connectivity index (χ3v) is 4.92. The Balaban J connectivity index is 1.99. The molecule has 0 amide bonds. The molecule has 1 aliphatic carbocycles. The molecular formula is C20H33N. The van der Waals surface area contributed by atoms with Crippen LogP contribution in [0.1, 0.15) is 58.1 Å². The maximum absolute atomic E-state index is 3.73. The lowest BCUT2D eigenvalue weighted by molar-refractivity contribution is 0.174. The maximum atomic E-state index is 3.73. The minimum Gasteiger partial charge on any atom is -0.312 e. The molecule has 3 atom stereocenters. The number of hydrogen-bond donors (Lipinski definition) is 1. The summed E-state index contributed by atoms with van der Waals surface area (Å²) >= 11 is 0. The van der Waals surface area contributed by atoms with E-state index in [9.17, 15) is 0 Å². The Morgan fingerprint density at radius 2 is 1.71 bits per heavy atom. The van der Waals surface area contributed by atoms with Gasteiger partial charge in [-0.15, -0.1) is 0 Å². The van der Waals surface area contributed by atoms with Gasteiger partial charge in [0.25, 0.3) is 0 Å². The summed E-state index contributed by atoms with van der Waals surface area (Å²) in [5.41, 5.74) is 3.11. The first-order valence-corrected chi connectivity index (χ1v) is 8.64. The number of hydrogen-bond acceptors (Lipinski definition) is 1. The van der Waals surface area contributed by atoms with E-state index in [1.165, 1.54) is 43.4 Å². The topological polar surface area (TPSA) is 12.0 Å². The molecule has 0 spiro atoms. The third-order valence-electron chi connectivity index (χ3n) is 4.92. The Morgan fingerprint density at radius 1 is 1.05 bits per heavy atom. The van der Waals surface area contributed by atoms with Gasteiger partial charge in [-0.25, -0.2) is 0 Å². The van der Waals surface area contributed by atoms with Crippen LogP contribution in [-0.2, 0) is 6.42 Å². The molecule has 1 aromatic rings. The van der Waals surface area contributed by atoms with Crippen molar-refractivity contribution in [3.63, 3.8) is 0 Å². The van der Waals surface area contributed by atoms with Gasteiger partial charge in [0.2, 0.25) is 0 Å². The monoisotopic (exact) mass is 287 g/mol. The Kier molecular flexibility index (Phi) is 5.48. The second-order valence-corrected chi connectivity index (χ2v) is 8.26. The van der Waals surface area contributed by atoms with Gasteiger partial charge >= 0.3 is 0 Å². The van der Waals surface area contributed by atoms with Crippen LogP contribution in [0.25, 0.3) is 0 Å². The third kappa shape index (κ3) is 5.47. The standard InChI is InChI=1S/C20H33N/c1-15-6-9-17(10-7-15)13-19-12-16(2)8-11-18(19)14-21-20(3,4)5/h6-7,9-10,16,18-19,21H,8,11-14H2,1-5H3. The minimum absolute atomic E-state index is 0.234. The normalized spacial score (nSPS) is 26.8. The zero-order valence-corrected chi connectivity index (χ0v) is 14.6. The van der Waals surface area contributed by atoms with Crippen LogP contribution in [0, 0.1) is 24.7 Å². The molecule has 1 N–H and O–H groups in total. The average Bonchev–Trinajstić information content (AvgIpc) is 2.39. The van der Waals surface area contributed by atoms with E-state index >= 15 is 0 Å². The van der Waals surface area contributed by atoms with E-state index in [0.717, 1.165) is 17.8 Å². The van der Waals surface area contributed by atoms with Gasteiger partial charge < -0.3 is 5.32 Å². The van der Waals surface area contributed by atoms with E-state index in [1.54, 1.807) is 0 Å². The lowest BCUT2D eigenvalue weighted by Crippen LogP contribution is -2.42. The van der Waals surface area contributed by atoms with Gasteiger partial charge in [0.15, 0.2) is 0 Å². The first-order valence-electron chi connectivity index (χ1n) is 8.64. The molecule has 0 saturated heterocycles. The fourth-order valence-electron chi connectivity index (χ4n) is 3.54. The fourth-order valence-corrected chi connectivity index (χ4v) is 3.54. The number of benzene rings is 1. The van der Waals surface area contributed by atoms with Gasteiger partial charge in [-0.2, -0.15) is 0 Å². The highest BCUT2D eigenvalue weighted by Crippen LogP contribution is 2.35. The molecule has 3 unspecified atom stereocenters. The van der Waals surface area contributed by atoms with Crippen molar-refractivity contribution in [1.29, 1.82) is 0 Å². The van der Waals surface area contributed by atoms with Crippen LogP contribution < -0.4 is 5.32 Å². The summed E-state index contributed by atoms with van der Waals surface area (Å²) in [7, 11) is 0. The minimum atomic E-state index is 0.234. The molecule has 21 heavy (non-hydrogen) atoms. The van der Waals surface area contributed by atoms with Crippen LogP contribution in [0.2, 0.25) is 0 Å². The van der Waals surface area contributed by atoms with Crippen LogP contribution in [0.4, 0.5) is 0 Å². The molecule has 0 aliphatic heterocycles. The van der Waals surface area contributed by atoms with E-state index in [2.05, 4.69) is 64.2 Å². The predicted molar refractivity (Wildman–Crippen MR) is 92.6 cm³/mol. The van der Waals surface area contributed by atoms with Crippen molar-refractivity contribution >= 4 is 0 Å². The van der Waals surface area contributed by atoms with E-state index in [1.807, 2.05) is 0 Å². The molecular weight excluding hydrogens is 254 g/mol. The lowest BCUT2D eigenvalue weighted by Gasteiger charge is -2.37. The summed E-state index contributed by atoms with van der Waals surface area (Å²) in [4.78, 5) is 0. The van der Waals surface area contributed by atoms with Crippen molar-refractivity contribution < 1.29 is 0 Å². The second-order valence-electron chi connectivity index (χ2n) is 8.26. The molecule has 1 aromatic carbocycles. The van der Waals surface area contributed by atoms with Crippen molar-refractivity contribution in [1.82, 2.24) is 5.32 Å². The number of nitrogens with one attached hydrogen (secondary N) is 1. The first-order chi connectivity index (χ1) is 9.83. The lowest BCUT2D eigenvalue weighted by atomic mass is 9.72. The fraction of sp³-hybridized carbons (Fsp3) is 0.700. The Morgan fingerprint density at radius 3 is 2.33 bits per heavy atom. The van der Waals surface area contributed by atoms with Crippen molar-refractivity contribution in [3.8, 4) is 0 Å². The number of rotatable bonds is 4. The van der Waals surface area contributed by atoms with E-state index < -0.39 is 0 Å². The van der Waals surface area contributed by atoms with E-state index in [4.69, 9.17) is 0 Å². The van der Waals surface area contributed by atoms with Crippen molar-refractivity contribution in [2.24, 2.45) is 17.8 Å². The van der Waals surface area contributed by atoms with Crippen LogP contribution in [-0.4, -0.2) is 12.1 Å². The molecule has 1 fully saturated rings. The summed E-state index contributed by atoms with van der Waals surface area (Å²) in [6.07, 6.45) is 5.44. The predicted octanol–water partition coefficient (Wildman–Crippen LogP) is 4.98. The Hall–Kier alpha value is -0.820. The van der Waals surface area contributed by atoms with Crippen LogP contribution in [0.15, 0.2) is 24.3 Å². The maximum Gasteiger partial charge on any atom is 0.00966 e. The van der Waals surface area contributed by atoms with Crippen LogP contribution in [0.5, 0.6) is 0 Å². The summed E-state index contributed by atoms with van der Waals surface area (Å²) in [6, 6.07) is 9.15. The molecule has 0 heterocycles. The highest BCUT2D eigenvalue weighted by molar-refractivity contribution is 5.21. The second kappa shape index (κ2) is 6.96. The van der Waals surface area contributed by atoms with Gasteiger partial charge in [0, 0.05) is 5.54 Å². The summed E-state index contributed by atoms with van der Waals surface area (Å²) in [5.74, 6) is 2.57. The Bertz CT molecular complexity index is 426. The number of aryl methyl sites for hydroxylation is 1. The van der Waals surface area contributed by atoms with Gasteiger partial charge in [-0.3, -0.25) is 0 Å². The quantitative estimate of drug-likeness (QED) is 0.823. The van der Waals surface area contributed by atoms with Crippen LogP contribution >= 0.6 is 0 Å². The zero-order chi connectivity index (χ0) is 15.5. The summed E-state index contributed by atoms with van der Waals surface area (Å²) < 4.78 is 0. The van der Waals surface area contributed by atoms with Gasteiger partial charge in [-0.05, 0) is 76.8 Å². The highest BCUT2D eigenvalue weighted by Gasteiger charge is 2.29. The van der Waals surface area contributed by atoms with Crippen molar-refractivity contribution in [2.45, 2.75) is 65.8 Å². The molecule has 1 saturated carbocycles. The molecule has 1 heteroatoms. The van der Waals surface area contributed by atoms with Crippen molar-refractivity contribution in [3.05, 3.63) is 35.4 Å².